The summed E-state index contributed by atoms with van der Waals surface area (Å²) in [6, 6.07) is 6.83. The number of allylic oxidation sites excluding steroid dienone is 1. The molecule has 2 heterocycles. The van der Waals surface area contributed by atoms with Gasteiger partial charge in [-0.3, -0.25) is 14.3 Å². The lowest BCUT2D eigenvalue weighted by molar-refractivity contribution is -0.115. The number of carbonyl (C=O) groups is 1. The summed E-state index contributed by atoms with van der Waals surface area (Å²) in [5, 5.41) is 11.0. The highest BCUT2D eigenvalue weighted by Crippen LogP contribution is 2.27. The van der Waals surface area contributed by atoms with Crippen molar-refractivity contribution in [3.05, 3.63) is 67.0 Å². The molecular weight excluding hydrogens is 384 g/mol. The van der Waals surface area contributed by atoms with E-state index in [4.69, 9.17) is 0 Å². The van der Waals surface area contributed by atoms with Crippen LogP contribution in [0.5, 0.6) is 0 Å². The van der Waals surface area contributed by atoms with E-state index in [1.807, 2.05) is 16.7 Å². The summed E-state index contributed by atoms with van der Waals surface area (Å²) in [5.74, 6) is -1.72. The first-order valence-electron chi connectivity index (χ1n) is 8.36. The van der Waals surface area contributed by atoms with Crippen LogP contribution in [0.2, 0.25) is 0 Å². The van der Waals surface area contributed by atoms with Gasteiger partial charge in [0.25, 0.3) is 0 Å². The summed E-state index contributed by atoms with van der Waals surface area (Å²) in [6.45, 7) is 5.91. The smallest absolute Gasteiger partial charge is 0.237 e. The summed E-state index contributed by atoms with van der Waals surface area (Å²) in [5.41, 5.74) is 1.02. The molecule has 1 amide bonds. The van der Waals surface area contributed by atoms with Gasteiger partial charge in [-0.05, 0) is 31.2 Å². The van der Waals surface area contributed by atoms with Crippen LogP contribution in [0.3, 0.4) is 0 Å². The predicted octanol–water partition coefficient (Wildman–Crippen LogP) is 3.92. The van der Waals surface area contributed by atoms with E-state index in [2.05, 4.69) is 27.1 Å². The fourth-order valence-electron chi connectivity index (χ4n) is 2.41. The zero-order valence-electron chi connectivity index (χ0n) is 15.0. The molecule has 28 heavy (non-hydrogen) atoms. The molecule has 144 valence electrons. The molecule has 2 aromatic heterocycles. The molecule has 1 N–H and O–H groups in total. The minimum atomic E-state index is -1.02. The molecule has 0 aliphatic carbocycles. The second-order valence-corrected chi connectivity index (χ2v) is 7.13. The monoisotopic (exact) mass is 401 g/mol. The highest BCUT2D eigenvalue weighted by Gasteiger charge is 2.21. The number of anilines is 1. The lowest BCUT2D eigenvalue weighted by atomic mass is 10.2. The molecule has 0 radical (unpaired) electrons. The highest BCUT2D eigenvalue weighted by atomic mass is 32.2. The molecule has 0 saturated carbocycles. The van der Waals surface area contributed by atoms with E-state index < -0.39 is 16.9 Å². The number of thioether (sulfide) groups is 1. The molecule has 0 unspecified atom stereocenters. The van der Waals surface area contributed by atoms with E-state index in [0.29, 0.717) is 17.5 Å². The predicted molar refractivity (Wildman–Crippen MR) is 104 cm³/mol. The van der Waals surface area contributed by atoms with Gasteiger partial charge in [0, 0.05) is 36.3 Å². The Morgan fingerprint density at radius 3 is 2.68 bits per heavy atom. The van der Waals surface area contributed by atoms with Gasteiger partial charge in [0.05, 0.1) is 5.25 Å². The number of nitrogens with zero attached hydrogens (tertiary/aromatic N) is 4. The summed E-state index contributed by atoms with van der Waals surface area (Å²) >= 11 is 1.21. The molecule has 9 heteroatoms. The van der Waals surface area contributed by atoms with Crippen molar-refractivity contribution in [2.24, 2.45) is 0 Å². The lowest BCUT2D eigenvalue weighted by Gasteiger charge is -2.13. The Labute approximate surface area is 164 Å². The van der Waals surface area contributed by atoms with Crippen molar-refractivity contribution in [3.8, 4) is 11.4 Å². The third kappa shape index (κ3) is 4.42. The van der Waals surface area contributed by atoms with E-state index in [9.17, 15) is 13.6 Å². The Kier molecular flexibility index (Phi) is 6.15. The quantitative estimate of drug-likeness (QED) is 0.480. The first-order valence-corrected chi connectivity index (χ1v) is 9.24. The number of halogens is 2. The first-order chi connectivity index (χ1) is 13.5. The van der Waals surface area contributed by atoms with Crippen LogP contribution in [0.4, 0.5) is 14.5 Å². The Morgan fingerprint density at radius 2 is 2.00 bits per heavy atom. The standard InChI is InChI=1S/C19H17F2N5OS/c1-3-10-26-17(13-6-8-22-9-7-13)24-25-19(26)28-12(2)18(27)23-14-4-5-15(20)16(21)11-14/h3-9,11-12H,1,10H2,2H3,(H,23,27)/t12-/m0/s1. The van der Waals surface area contributed by atoms with Gasteiger partial charge < -0.3 is 5.32 Å². The Hall–Kier alpha value is -3.07. The maximum absolute atomic E-state index is 13.3. The van der Waals surface area contributed by atoms with Crippen molar-refractivity contribution < 1.29 is 13.6 Å². The molecule has 0 spiro atoms. The Morgan fingerprint density at radius 1 is 1.25 bits per heavy atom. The van der Waals surface area contributed by atoms with E-state index in [1.54, 1.807) is 25.4 Å². The zero-order chi connectivity index (χ0) is 20.1. The molecule has 6 nitrogen and oxygen atoms in total. The van der Waals surface area contributed by atoms with Gasteiger partial charge in [-0.25, -0.2) is 8.78 Å². The molecule has 1 atom stereocenters. The van der Waals surface area contributed by atoms with E-state index >= 15 is 0 Å². The molecule has 0 bridgehead atoms. The maximum Gasteiger partial charge on any atom is 0.237 e. The molecule has 3 rings (SSSR count). The molecular formula is C19H17F2N5OS. The number of hydrogen-bond donors (Lipinski definition) is 1. The molecule has 0 aliphatic heterocycles. The van der Waals surface area contributed by atoms with Crippen LogP contribution in [0, 0.1) is 11.6 Å². The largest absolute Gasteiger partial charge is 0.325 e. The number of nitrogens with one attached hydrogen (secondary N) is 1. The lowest BCUT2D eigenvalue weighted by Crippen LogP contribution is -2.23. The van der Waals surface area contributed by atoms with Crippen molar-refractivity contribution in [3.63, 3.8) is 0 Å². The van der Waals surface area contributed by atoms with Crippen LogP contribution >= 0.6 is 11.8 Å². The molecule has 0 saturated heterocycles. The van der Waals surface area contributed by atoms with Gasteiger partial charge in [0.1, 0.15) is 0 Å². The van der Waals surface area contributed by atoms with Crippen LogP contribution in [0.25, 0.3) is 11.4 Å². The Balaban J connectivity index is 1.76. The van der Waals surface area contributed by atoms with Crippen molar-refractivity contribution in [1.29, 1.82) is 0 Å². The number of amides is 1. The number of aromatic nitrogens is 4. The van der Waals surface area contributed by atoms with Crippen molar-refractivity contribution in [2.45, 2.75) is 23.9 Å². The summed E-state index contributed by atoms with van der Waals surface area (Å²) in [7, 11) is 0. The maximum atomic E-state index is 13.3. The van der Waals surface area contributed by atoms with Gasteiger partial charge in [-0.15, -0.1) is 16.8 Å². The summed E-state index contributed by atoms with van der Waals surface area (Å²) in [6.07, 6.45) is 5.03. The number of hydrogen-bond acceptors (Lipinski definition) is 5. The highest BCUT2D eigenvalue weighted by molar-refractivity contribution is 8.00. The van der Waals surface area contributed by atoms with Crippen LogP contribution in [0.1, 0.15) is 6.92 Å². The molecule has 1 aromatic carbocycles. The normalized spacial score (nSPS) is 11.8. The first kappa shape index (κ1) is 19.7. The van der Waals surface area contributed by atoms with Gasteiger partial charge in [-0.1, -0.05) is 17.8 Å². The second kappa shape index (κ2) is 8.75. The fourth-order valence-corrected chi connectivity index (χ4v) is 3.27. The molecule has 3 aromatic rings. The SMILES string of the molecule is C=CCn1c(S[C@@H](C)C(=O)Nc2ccc(F)c(F)c2)nnc1-c1ccncc1. The average Bonchev–Trinajstić information content (AvgIpc) is 3.08. The van der Waals surface area contributed by atoms with Crippen LogP contribution in [0.15, 0.2) is 60.5 Å². The topological polar surface area (TPSA) is 72.7 Å². The van der Waals surface area contributed by atoms with Gasteiger partial charge in [0.2, 0.25) is 5.91 Å². The Bertz CT molecular complexity index is 993. The van der Waals surface area contributed by atoms with Gasteiger partial charge in [-0.2, -0.15) is 0 Å². The number of carbonyl (C=O) groups excluding carboxylic acids is 1. The third-order valence-electron chi connectivity index (χ3n) is 3.81. The minimum absolute atomic E-state index is 0.182. The van der Waals surface area contributed by atoms with Crippen LogP contribution in [-0.4, -0.2) is 30.9 Å². The average molecular weight is 401 g/mol. The molecule has 0 aliphatic rings. The van der Waals surface area contributed by atoms with Crippen LogP contribution in [-0.2, 0) is 11.3 Å². The fraction of sp³-hybridized carbons (Fsp3) is 0.158. The van der Waals surface area contributed by atoms with Crippen molar-refractivity contribution >= 4 is 23.4 Å². The van der Waals surface area contributed by atoms with E-state index in [-0.39, 0.29) is 11.6 Å². The zero-order valence-corrected chi connectivity index (χ0v) is 15.8. The van der Waals surface area contributed by atoms with Crippen LogP contribution < -0.4 is 5.32 Å². The van der Waals surface area contributed by atoms with Crippen molar-refractivity contribution in [2.75, 3.05) is 5.32 Å². The summed E-state index contributed by atoms with van der Waals surface area (Å²) in [4.78, 5) is 16.4. The van der Waals surface area contributed by atoms with E-state index in [1.165, 1.54) is 17.8 Å². The number of benzene rings is 1. The second-order valence-electron chi connectivity index (χ2n) is 5.82. The van der Waals surface area contributed by atoms with Gasteiger partial charge in [0.15, 0.2) is 22.6 Å². The van der Waals surface area contributed by atoms with Gasteiger partial charge >= 0.3 is 0 Å². The minimum Gasteiger partial charge on any atom is -0.325 e. The third-order valence-corrected chi connectivity index (χ3v) is 4.89. The molecule has 0 fully saturated rings. The van der Waals surface area contributed by atoms with E-state index in [0.717, 1.165) is 17.7 Å². The van der Waals surface area contributed by atoms with Crippen molar-refractivity contribution in [1.82, 2.24) is 19.7 Å². The summed E-state index contributed by atoms with van der Waals surface area (Å²) < 4.78 is 28.2. The number of rotatable bonds is 7. The number of pyridine rings is 1.